The molecule has 0 aromatic heterocycles. The first-order valence-corrected chi connectivity index (χ1v) is 14.1. The molecule has 0 bridgehead atoms. The van der Waals surface area contributed by atoms with Crippen molar-refractivity contribution in [2.24, 2.45) is 0 Å². The van der Waals surface area contributed by atoms with E-state index in [9.17, 15) is 32.3 Å². The lowest BCUT2D eigenvalue weighted by Crippen LogP contribution is -2.51. The van der Waals surface area contributed by atoms with Gasteiger partial charge in [-0.3, -0.25) is 9.59 Å². The third-order valence-electron chi connectivity index (χ3n) is 6.50. The Kier molecular flexibility index (Phi) is 8.41. The molecule has 0 aliphatic carbocycles. The summed E-state index contributed by atoms with van der Waals surface area (Å²) in [6, 6.07) is 17.2. The third-order valence-corrected chi connectivity index (χ3v) is 7.79. The molecule has 2 amide bonds. The van der Waals surface area contributed by atoms with Crippen LogP contribution in [0.25, 0.3) is 11.1 Å². The van der Waals surface area contributed by atoms with Crippen LogP contribution in [0.3, 0.4) is 0 Å². The number of benzene rings is 3. The highest BCUT2D eigenvalue weighted by molar-refractivity contribution is 7.88. The Balaban J connectivity index is 1.36. The highest BCUT2D eigenvalue weighted by atomic mass is 32.2. The Morgan fingerprint density at radius 2 is 1.72 bits per heavy atom. The standard InChI is InChI=1S/C28H28FN3O6S/c1-39(37,38)32-15-3-6-25(32)27(34)31-24(28(35)36)16-18-7-13-23(14-8-18)30-26(33)20-11-9-19(10-12-20)21-4-2-5-22(29)17-21/h2,4-5,7-14,17,24-25H,3,6,15-16H2,1H3,(H,30,33)(H,31,34)(H,35,36). The maximum absolute atomic E-state index is 13.5. The predicted molar refractivity (Wildman–Crippen MR) is 144 cm³/mol. The van der Waals surface area contributed by atoms with Crippen molar-refractivity contribution in [1.29, 1.82) is 0 Å². The number of nitrogens with zero attached hydrogens (tertiary/aromatic N) is 1. The van der Waals surface area contributed by atoms with E-state index in [-0.39, 0.29) is 24.7 Å². The molecule has 1 fully saturated rings. The van der Waals surface area contributed by atoms with Crippen molar-refractivity contribution in [3.8, 4) is 11.1 Å². The second-order valence-corrected chi connectivity index (χ2v) is 11.3. The van der Waals surface area contributed by atoms with Crippen LogP contribution in [-0.4, -0.2) is 60.5 Å². The van der Waals surface area contributed by atoms with Crippen LogP contribution in [0.1, 0.15) is 28.8 Å². The molecule has 0 spiro atoms. The van der Waals surface area contributed by atoms with Gasteiger partial charge in [0.15, 0.2) is 0 Å². The van der Waals surface area contributed by atoms with Crippen molar-refractivity contribution in [3.63, 3.8) is 0 Å². The fourth-order valence-corrected chi connectivity index (χ4v) is 5.64. The number of carbonyl (C=O) groups excluding carboxylic acids is 2. The summed E-state index contributed by atoms with van der Waals surface area (Å²) < 4.78 is 38.4. The van der Waals surface area contributed by atoms with E-state index >= 15 is 0 Å². The van der Waals surface area contributed by atoms with Gasteiger partial charge in [0.05, 0.1) is 6.26 Å². The molecule has 1 aliphatic rings. The fraction of sp³-hybridized carbons (Fsp3) is 0.250. The summed E-state index contributed by atoms with van der Waals surface area (Å²) in [6.07, 6.45) is 1.85. The van der Waals surface area contributed by atoms with Crippen LogP contribution < -0.4 is 10.6 Å². The Morgan fingerprint density at radius 3 is 2.33 bits per heavy atom. The molecule has 39 heavy (non-hydrogen) atoms. The van der Waals surface area contributed by atoms with Crippen molar-refractivity contribution in [3.05, 3.63) is 89.7 Å². The van der Waals surface area contributed by atoms with Crippen molar-refractivity contribution in [2.75, 3.05) is 18.1 Å². The molecule has 4 rings (SSSR count). The van der Waals surface area contributed by atoms with Crippen molar-refractivity contribution in [2.45, 2.75) is 31.3 Å². The zero-order valence-corrected chi connectivity index (χ0v) is 21.9. The number of halogens is 1. The van der Waals surface area contributed by atoms with Crippen LogP contribution in [0.5, 0.6) is 0 Å². The number of hydrogen-bond acceptors (Lipinski definition) is 5. The quantitative estimate of drug-likeness (QED) is 0.373. The lowest BCUT2D eigenvalue weighted by Gasteiger charge is -2.23. The second kappa shape index (κ2) is 11.7. The summed E-state index contributed by atoms with van der Waals surface area (Å²) in [6.45, 7) is 0.221. The van der Waals surface area contributed by atoms with Gasteiger partial charge in [-0.25, -0.2) is 17.6 Å². The van der Waals surface area contributed by atoms with Gasteiger partial charge in [-0.15, -0.1) is 0 Å². The van der Waals surface area contributed by atoms with Crippen LogP contribution in [-0.2, 0) is 26.0 Å². The number of hydrogen-bond donors (Lipinski definition) is 3. The number of amides is 2. The molecular formula is C28H28FN3O6S. The smallest absolute Gasteiger partial charge is 0.326 e. The predicted octanol–water partition coefficient (Wildman–Crippen LogP) is 3.28. The Morgan fingerprint density at radius 1 is 1.03 bits per heavy atom. The van der Waals surface area contributed by atoms with Gasteiger partial charge in [0.25, 0.3) is 5.91 Å². The average Bonchev–Trinajstić information content (AvgIpc) is 3.41. The summed E-state index contributed by atoms with van der Waals surface area (Å²) in [5.41, 5.74) is 2.97. The maximum atomic E-state index is 13.5. The maximum Gasteiger partial charge on any atom is 0.326 e. The first kappa shape index (κ1) is 27.9. The van der Waals surface area contributed by atoms with Gasteiger partial charge in [-0.1, -0.05) is 36.4 Å². The van der Waals surface area contributed by atoms with Crippen LogP contribution in [0.15, 0.2) is 72.8 Å². The highest BCUT2D eigenvalue weighted by Gasteiger charge is 2.37. The molecule has 0 saturated carbocycles. The summed E-state index contributed by atoms with van der Waals surface area (Å²) in [7, 11) is -3.59. The monoisotopic (exact) mass is 553 g/mol. The molecule has 11 heteroatoms. The Labute approximate surface area is 225 Å². The number of sulfonamides is 1. The molecular weight excluding hydrogens is 525 g/mol. The van der Waals surface area contributed by atoms with Gasteiger partial charge in [-0.2, -0.15) is 4.31 Å². The Bertz CT molecular complexity index is 1480. The SMILES string of the molecule is CS(=O)(=O)N1CCCC1C(=O)NC(Cc1ccc(NC(=O)c2ccc(-c3cccc(F)c3)cc2)cc1)C(=O)O. The number of nitrogens with one attached hydrogen (secondary N) is 2. The number of aliphatic carboxylic acids is 1. The third kappa shape index (κ3) is 7.06. The Hall–Kier alpha value is -4.09. The van der Waals surface area contributed by atoms with Crippen molar-refractivity contribution in [1.82, 2.24) is 9.62 Å². The molecule has 3 aromatic rings. The molecule has 1 aliphatic heterocycles. The van der Waals surface area contributed by atoms with Gasteiger partial charge in [-0.05, 0) is 65.9 Å². The molecule has 1 saturated heterocycles. The second-order valence-electron chi connectivity index (χ2n) is 9.37. The first-order valence-electron chi connectivity index (χ1n) is 12.3. The molecule has 2 atom stereocenters. The summed E-state index contributed by atoms with van der Waals surface area (Å²) in [5, 5.41) is 14.9. The van der Waals surface area contributed by atoms with E-state index < -0.39 is 34.0 Å². The van der Waals surface area contributed by atoms with E-state index in [4.69, 9.17) is 0 Å². The van der Waals surface area contributed by atoms with Gasteiger partial charge in [0.2, 0.25) is 15.9 Å². The van der Waals surface area contributed by atoms with E-state index in [1.54, 1.807) is 60.7 Å². The summed E-state index contributed by atoms with van der Waals surface area (Å²) >= 11 is 0. The van der Waals surface area contributed by atoms with Gasteiger partial charge in [0.1, 0.15) is 17.9 Å². The van der Waals surface area contributed by atoms with Crippen LogP contribution in [0, 0.1) is 5.82 Å². The van der Waals surface area contributed by atoms with Gasteiger partial charge in [0, 0.05) is 24.2 Å². The number of carboxylic acids is 1. The first-order chi connectivity index (χ1) is 18.5. The minimum atomic E-state index is -3.59. The van der Waals surface area contributed by atoms with Crippen molar-refractivity contribution < 1.29 is 32.3 Å². The molecule has 9 nitrogen and oxygen atoms in total. The lowest BCUT2D eigenvalue weighted by molar-refractivity contribution is -0.142. The molecule has 3 aromatic carbocycles. The minimum absolute atomic E-state index is 0.0254. The number of carbonyl (C=O) groups is 3. The molecule has 3 N–H and O–H groups in total. The van der Waals surface area contributed by atoms with E-state index in [1.807, 2.05) is 0 Å². The van der Waals surface area contributed by atoms with Crippen LogP contribution >= 0.6 is 0 Å². The number of carboxylic acid groups (broad SMARTS) is 1. The van der Waals surface area contributed by atoms with Crippen LogP contribution in [0.2, 0.25) is 0 Å². The van der Waals surface area contributed by atoms with E-state index in [2.05, 4.69) is 10.6 Å². The molecule has 0 radical (unpaired) electrons. The average molecular weight is 554 g/mol. The summed E-state index contributed by atoms with van der Waals surface area (Å²) in [5.74, 6) is -2.58. The highest BCUT2D eigenvalue weighted by Crippen LogP contribution is 2.22. The molecule has 204 valence electrons. The molecule has 2 unspecified atom stereocenters. The zero-order chi connectivity index (χ0) is 28.2. The van der Waals surface area contributed by atoms with E-state index in [0.717, 1.165) is 16.1 Å². The summed E-state index contributed by atoms with van der Waals surface area (Å²) in [4.78, 5) is 37.2. The number of rotatable bonds is 9. The van der Waals surface area contributed by atoms with Crippen molar-refractivity contribution >= 4 is 33.5 Å². The fourth-order valence-electron chi connectivity index (χ4n) is 4.51. The largest absolute Gasteiger partial charge is 0.480 e. The number of anilines is 1. The lowest BCUT2D eigenvalue weighted by atomic mass is 10.0. The zero-order valence-electron chi connectivity index (χ0n) is 21.1. The van der Waals surface area contributed by atoms with E-state index in [0.29, 0.717) is 35.2 Å². The van der Waals surface area contributed by atoms with E-state index in [1.165, 1.54) is 12.1 Å². The van der Waals surface area contributed by atoms with Gasteiger partial charge < -0.3 is 15.7 Å². The molecule has 1 heterocycles. The van der Waals surface area contributed by atoms with Gasteiger partial charge >= 0.3 is 5.97 Å². The van der Waals surface area contributed by atoms with Crippen LogP contribution in [0.4, 0.5) is 10.1 Å². The minimum Gasteiger partial charge on any atom is -0.480 e. The normalized spacial score (nSPS) is 16.4. The topological polar surface area (TPSA) is 133 Å².